The smallest absolute Gasteiger partial charge is 0.310 e. The molecule has 18 heteroatoms. The number of anilines is 1. The summed E-state index contributed by atoms with van der Waals surface area (Å²) in [5.41, 5.74) is -2.70. The third kappa shape index (κ3) is 7.44. The number of benzene rings is 1. The lowest BCUT2D eigenvalue weighted by molar-refractivity contribution is -0.129. The number of aliphatic hydroxyl groups is 1. The predicted octanol–water partition coefficient (Wildman–Crippen LogP) is 5.35. The van der Waals surface area contributed by atoms with E-state index in [0.29, 0.717) is 23.2 Å². The number of nitrogens with zero attached hydrogens (tertiary/aromatic N) is 5. The molecule has 9 nitrogen and oxygen atoms in total. The molecule has 236 valence electrons. The van der Waals surface area contributed by atoms with Gasteiger partial charge in [0.2, 0.25) is 17.8 Å². The highest BCUT2D eigenvalue weighted by atomic mass is 32.5. The highest BCUT2D eigenvalue weighted by Crippen LogP contribution is 3.02. The van der Waals surface area contributed by atoms with E-state index in [-0.39, 0.29) is 37.9 Å². The molecule has 2 amide bonds. The van der Waals surface area contributed by atoms with Gasteiger partial charge in [-0.15, -0.1) is 0 Å². The Kier molecular flexibility index (Phi) is 7.63. The van der Waals surface area contributed by atoms with Gasteiger partial charge in [-0.1, -0.05) is 19.4 Å². The number of carbonyl (C=O) groups is 2. The molecule has 1 saturated carbocycles. The molecule has 0 radical (unpaired) electrons. The van der Waals surface area contributed by atoms with Crippen LogP contribution >= 0.6 is 10.2 Å². The van der Waals surface area contributed by atoms with Crippen LogP contribution in [0.1, 0.15) is 50.8 Å². The Balaban J connectivity index is 1.84. The van der Waals surface area contributed by atoms with Crippen LogP contribution in [0.4, 0.5) is 38.3 Å². The monoisotopic (exact) mass is 642 g/mol. The van der Waals surface area contributed by atoms with Crippen LogP contribution in [-0.2, 0) is 9.59 Å². The van der Waals surface area contributed by atoms with Gasteiger partial charge in [-0.2, -0.15) is 9.65 Å². The van der Waals surface area contributed by atoms with E-state index in [4.69, 9.17) is 0 Å². The second kappa shape index (κ2) is 10.2. The van der Waals surface area contributed by atoms with Gasteiger partial charge in [0.1, 0.15) is 10.9 Å². The van der Waals surface area contributed by atoms with E-state index >= 15 is 0 Å². The number of halogens is 8. The molecule has 3 atom stereocenters. The Morgan fingerprint density at radius 1 is 1.14 bits per heavy atom. The van der Waals surface area contributed by atoms with Crippen LogP contribution in [0.2, 0.25) is 0 Å². The fourth-order valence-electron chi connectivity index (χ4n) is 5.16. The largest absolute Gasteiger partial charge is 0.388 e. The summed E-state index contributed by atoms with van der Waals surface area (Å²) < 4.78 is 109. The van der Waals surface area contributed by atoms with Crippen LogP contribution in [0.5, 0.6) is 0 Å². The molecule has 3 unspecified atom stereocenters. The Labute approximate surface area is 240 Å². The quantitative estimate of drug-likeness (QED) is 0.309. The molecule has 1 saturated heterocycles. The molecule has 0 bridgehead atoms. The predicted molar refractivity (Wildman–Crippen MR) is 137 cm³/mol. The summed E-state index contributed by atoms with van der Waals surface area (Å²) in [4.78, 5) is 34.0. The lowest BCUT2D eigenvalue weighted by Gasteiger charge is -2.41. The van der Waals surface area contributed by atoms with Gasteiger partial charge in [0.25, 0.3) is 5.91 Å². The van der Waals surface area contributed by atoms with Crippen LogP contribution in [0.25, 0.3) is 0 Å². The van der Waals surface area contributed by atoms with Gasteiger partial charge in [0, 0.05) is 31.0 Å². The normalized spacial score (nSPS) is 24.8. The van der Waals surface area contributed by atoms with E-state index < -0.39 is 86.8 Å². The third-order valence-corrected chi connectivity index (χ3v) is 8.37. The van der Waals surface area contributed by atoms with Crippen LogP contribution in [0, 0.1) is 17.4 Å². The van der Waals surface area contributed by atoms with Gasteiger partial charge in [0.05, 0.1) is 30.2 Å². The molecule has 4 rings (SSSR count). The summed E-state index contributed by atoms with van der Waals surface area (Å²) in [6.07, 6.45) is 1.34. The summed E-state index contributed by atoms with van der Waals surface area (Å²) in [7, 11) is -10.2. The molecule has 1 aromatic heterocycles. The number of nitrogens with one attached hydrogen (secondary N) is 1. The molecule has 1 aromatic carbocycles. The Hall–Kier alpha value is -3.72. The summed E-state index contributed by atoms with van der Waals surface area (Å²) >= 11 is 0. The van der Waals surface area contributed by atoms with Crippen molar-refractivity contribution in [2.75, 3.05) is 11.4 Å². The number of nitriles is 1. The average Bonchev–Trinajstić information content (AvgIpc) is 3.21. The molecule has 2 aliphatic rings. The highest BCUT2D eigenvalue weighted by molar-refractivity contribution is 8.45. The second-order valence-corrected chi connectivity index (χ2v) is 13.3. The highest BCUT2D eigenvalue weighted by Gasteiger charge is 2.65. The Morgan fingerprint density at radius 3 is 2.28 bits per heavy atom. The number of hydrogen-bond donors (Lipinski definition) is 2. The van der Waals surface area contributed by atoms with Crippen LogP contribution in [-0.4, -0.2) is 61.9 Å². The molecular weight excluding hydrogens is 616 g/mol. The summed E-state index contributed by atoms with van der Waals surface area (Å²) in [6.45, 7) is 0.962. The minimum Gasteiger partial charge on any atom is -0.388 e. The number of carbonyl (C=O) groups excluding carboxylic acids is 2. The minimum atomic E-state index is -10.2. The molecule has 1 aliphatic heterocycles. The topological polar surface area (TPSA) is 122 Å². The third-order valence-electron chi connectivity index (χ3n) is 7.21. The molecular formula is C25H26F8N6O3S. The first-order valence-electron chi connectivity index (χ1n) is 12.8. The maximum absolute atomic E-state index is 14.2. The molecule has 0 spiro atoms. The van der Waals surface area contributed by atoms with E-state index in [9.17, 15) is 52.6 Å². The van der Waals surface area contributed by atoms with Crippen LogP contribution in [0.3, 0.4) is 0 Å². The second-order valence-electron chi connectivity index (χ2n) is 10.9. The van der Waals surface area contributed by atoms with Gasteiger partial charge in [-0.3, -0.25) is 24.4 Å². The van der Waals surface area contributed by atoms with Gasteiger partial charge in [-0.05, 0) is 44.0 Å². The first kappa shape index (κ1) is 32.2. The molecule has 2 aromatic rings. The number of amides is 2. The first-order chi connectivity index (χ1) is 19.6. The molecule has 2 heterocycles. The van der Waals surface area contributed by atoms with Crippen molar-refractivity contribution >= 4 is 27.7 Å². The average molecular weight is 643 g/mol. The van der Waals surface area contributed by atoms with Gasteiger partial charge < -0.3 is 10.4 Å². The number of alkyl halides is 2. The number of rotatable bonds is 7. The standard InChI is InChI=1S/C25H26F8N6O3S/c1-24(42)10-19(38(13-24)14-34)23(41)39(16-2-4-17(5-3-16)43(29,30,31,32)33)21(18-11-35-12-20(26)37-18)22(40)36-15-6-8-25(27,28)9-7-15/h2-5,11-12,15,19,21,42H,6-10,13H2,1H3,(H,36,40). The SMILES string of the molecule is CC1(O)CC(C(=O)N(c2ccc(S(F)(F)(F)(F)F)cc2)C(C(=O)NC2CCC(F)(F)CC2)c2cncc(F)n2)N(C#N)C1. The van der Waals surface area contributed by atoms with E-state index in [1.54, 1.807) is 6.19 Å². The van der Waals surface area contributed by atoms with Crippen molar-refractivity contribution in [3.63, 3.8) is 0 Å². The molecule has 2 fully saturated rings. The summed E-state index contributed by atoms with van der Waals surface area (Å²) in [5.74, 6) is -6.46. The van der Waals surface area contributed by atoms with E-state index in [1.807, 2.05) is 0 Å². The van der Waals surface area contributed by atoms with E-state index in [2.05, 4.69) is 15.3 Å². The van der Waals surface area contributed by atoms with Crippen molar-refractivity contribution in [2.24, 2.45) is 0 Å². The van der Waals surface area contributed by atoms with Crippen molar-refractivity contribution in [1.29, 1.82) is 5.26 Å². The number of aromatic nitrogens is 2. The van der Waals surface area contributed by atoms with Gasteiger partial charge >= 0.3 is 10.2 Å². The fourth-order valence-corrected chi connectivity index (χ4v) is 5.81. The van der Waals surface area contributed by atoms with Gasteiger partial charge in [-0.25, -0.2) is 13.8 Å². The van der Waals surface area contributed by atoms with E-state index in [0.717, 1.165) is 11.1 Å². The van der Waals surface area contributed by atoms with Crippen LogP contribution in [0.15, 0.2) is 41.6 Å². The summed E-state index contributed by atoms with van der Waals surface area (Å²) in [5, 5.41) is 22.6. The maximum Gasteiger partial charge on any atom is 0.310 e. The summed E-state index contributed by atoms with van der Waals surface area (Å²) in [6, 6.07) is -3.38. The molecule has 43 heavy (non-hydrogen) atoms. The van der Waals surface area contributed by atoms with Crippen molar-refractivity contribution < 1.29 is 47.3 Å². The van der Waals surface area contributed by atoms with Crippen molar-refractivity contribution in [3.05, 3.63) is 48.3 Å². The van der Waals surface area contributed by atoms with Crippen molar-refractivity contribution in [3.8, 4) is 6.19 Å². The zero-order valence-corrected chi connectivity index (χ0v) is 23.2. The zero-order valence-electron chi connectivity index (χ0n) is 22.4. The lowest BCUT2D eigenvalue weighted by Crippen LogP contribution is -2.52. The number of hydrogen-bond acceptors (Lipinski definition) is 7. The van der Waals surface area contributed by atoms with Crippen LogP contribution < -0.4 is 10.2 Å². The Bertz CT molecular complexity index is 1440. The minimum absolute atomic E-state index is 0.000520. The molecule has 2 N–H and O–H groups in total. The Morgan fingerprint density at radius 2 is 1.74 bits per heavy atom. The molecule has 1 aliphatic carbocycles. The van der Waals surface area contributed by atoms with Gasteiger partial charge in [0.15, 0.2) is 12.2 Å². The maximum atomic E-state index is 14.2. The fraction of sp³-hybridized carbons (Fsp3) is 0.480. The van der Waals surface area contributed by atoms with Crippen molar-refractivity contribution in [1.82, 2.24) is 20.2 Å². The van der Waals surface area contributed by atoms with Crippen molar-refractivity contribution in [2.45, 2.75) is 73.6 Å². The number of β-amino-alcohol motifs (C(OH)–C–C–N with tert-alkyl or cyclic N) is 1. The number of likely N-dealkylation sites (tertiary alicyclic amines) is 1. The lowest BCUT2D eigenvalue weighted by atomic mass is 9.92. The zero-order chi connectivity index (χ0) is 32.1. The van der Waals surface area contributed by atoms with E-state index in [1.165, 1.54) is 6.92 Å². The first-order valence-corrected chi connectivity index (χ1v) is 14.8.